The quantitative estimate of drug-likeness (QED) is 0.836. The number of hydrogen-bond donors (Lipinski definition) is 1. The average Bonchev–Trinajstić information content (AvgIpc) is 3.02. The first-order valence-electron chi connectivity index (χ1n) is 7.25. The van der Waals surface area contributed by atoms with Gasteiger partial charge in [0.2, 0.25) is 15.9 Å². The number of amides is 1. The number of nitrogens with zero attached hydrogens (tertiary/aromatic N) is 1. The fourth-order valence-electron chi connectivity index (χ4n) is 4.11. The maximum atomic E-state index is 12.4. The van der Waals surface area contributed by atoms with Gasteiger partial charge < -0.3 is 5.32 Å². The lowest BCUT2D eigenvalue weighted by Gasteiger charge is -2.32. The van der Waals surface area contributed by atoms with E-state index < -0.39 is 16.1 Å². The van der Waals surface area contributed by atoms with Gasteiger partial charge in [0.15, 0.2) is 0 Å². The van der Waals surface area contributed by atoms with E-state index in [0.717, 1.165) is 44.9 Å². The molecule has 5 nitrogen and oxygen atoms in total. The fourth-order valence-corrected chi connectivity index (χ4v) is 5.52. The standard InChI is InChI=1S/C13H22N2O3S/c1-19(17,18)15-11-7-6-9(8-11)12(15)13(16)14-10-4-2-3-5-10/h9-12H,2-8H2,1H3,(H,14,16). The summed E-state index contributed by atoms with van der Waals surface area (Å²) < 4.78 is 25.3. The van der Waals surface area contributed by atoms with E-state index in [-0.39, 0.29) is 23.9 Å². The number of nitrogens with one attached hydrogen (secondary N) is 1. The van der Waals surface area contributed by atoms with Gasteiger partial charge in [0.25, 0.3) is 0 Å². The fraction of sp³-hybridized carbons (Fsp3) is 0.923. The summed E-state index contributed by atoms with van der Waals surface area (Å²) in [6.07, 6.45) is 8.37. The second-order valence-electron chi connectivity index (χ2n) is 6.25. The van der Waals surface area contributed by atoms with Crippen LogP contribution >= 0.6 is 0 Å². The number of piperidine rings is 1. The van der Waals surface area contributed by atoms with Crippen molar-refractivity contribution in [1.82, 2.24) is 9.62 Å². The molecule has 2 aliphatic carbocycles. The van der Waals surface area contributed by atoms with Gasteiger partial charge in [-0.25, -0.2) is 8.42 Å². The molecule has 0 aromatic rings. The molecule has 3 unspecified atom stereocenters. The number of sulfonamides is 1. The van der Waals surface area contributed by atoms with Crippen LogP contribution in [-0.2, 0) is 14.8 Å². The highest BCUT2D eigenvalue weighted by molar-refractivity contribution is 7.88. The molecule has 2 saturated carbocycles. The second-order valence-corrected chi connectivity index (χ2v) is 8.14. The first-order chi connectivity index (χ1) is 8.97. The molecule has 0 radical (unpaired) electrons. The molecule has 0 aromatic carbocycles. The maximum absolute atomic E-state index is 12.4. The summed E-state index contributed by atoms with van der Waals surface area (Å²) in [4.78, 5) is 12.4. The van der Waals surface area contributed by atoms with Gasteiger partial charge in [-0.15, -0.1) is 0 Å². The largest absolute Gasteiger partial charge is 0.352 e. The third-order valence-corrected chi connectivity index (χ3v) is 6.17. The number of fused-ring (bicyclic) bond motifs is 2. The summed E-state index contributed by atoms with van der Waals surface area (Å²) in [5, 5.41) is 3.06. The third-order valence-electron chi connectivity index (χ3n) is 4.88. The second kappa shape index (κ2) is 4.74. The van der Waals surface area contributed by atoms with Crippen molar-refractivity contribution in [1.29, 1.82) is 0 Å². The van der Waals surface area contributed by atoms with Gasteiger partial charge in [-0.1, -0.05) is 12.8 Å². The molecule has 19 heavy (non-hydrogen) atoms. The molecule has 3 aliphatic rings. The molecule has 0 spiro atoms. The monoisotopic (exact) mass is 286 g/mol. The Bertz CT molecular complexity index is 470. The van der Waals surface area contributed by atoms with E-state index in [0.29, 0.717) is 0 Å². The lowest BCUT2D eigenvalue weighted by atomic mass is 9.99. The zero-order valence-corrected chi connectivity index (χ0v) is 12.2. The number of hydrogen-bond acceptors (Lipinski definition) is 3. The van der Waals surface area contributed by atoms with Crippen LogP contribution in [0.5, 0.6) is 0 Å². The van der Waals surface area contributed by atoms with Crippen molar-refractivity contribution < 1.29 is 13.2 Å². The van der Waals surface area contributed by atoms with Crippen molar-refractivity contribution in [3.63, 3.8) is 0 Å². The van der Waals surface area contributed by atoms with E-state index in [1.807, 2.05) is 0 Å². The summed E-state index contributed by atoms with van der Waals surface area (Å²) in [6.45, 7) is 0. The highest BCUT2D eigenvalue weighted by atomic mass is 32.2. The van der Waals surface area contributed by atoms with Gasteiger partial charge in [0.05, 0.1) is 6.26 Å². The van der Waals surface area contributed by atoms with Gasteiger partial charge in [-0.2, -0.15) is 4.31 Å². The van der Waals surface area contributed by atoms with Gasteiger partial charge in [0.1, 0.15) is 6.04 Å². The lowest BCUT2D eigenvalue weighted by molar-refractivity contribution is -0.126. The van der Waals surface area contributed by atoms with Gasteiger partial charge in [-0.3, -0.25) is 4.79 Å². The van der Waals surface area contributed by atoms with E-state index >= 15 is 0 Å². The number of carbonyl (C=O) groups excluding carboxylic acids is 1. The Labute approximate surface area is 114 Å². The van der Waals surface area contributed by atoms with E-state index in [1.165, 1.54) is 10.6 Å². The van der Waals surface area contributed by atoms with Crippen LogP contribution in [0.25, 0.3) is 0 Å². The molecule has 1 heterocycles. The first kappa shape index (κ1) is 13.4. The maximum Gasteiger partial charge on any atom is 0.238 e. The summed E-state index contributed by atoms with van der Waals surface area (Å²) in [6, 6.07) is -0.137. The van der Waals surface area contributed by atoms with Crippen LogP contribution in [0.1, 0.15) is 44.9 Å². The topological polar surface area (TPSA) is 66.5 Å². The van der Waals surface area contributed by atoms with Crippen LogP contribution in [0, 0.1) is 5.92 Å². The number of carbonyl (C=O) groups is 1. The third kappa shape index (κ3) is 2.40. The zero-order chi connectivity index (χ0) is 13.6. The predicted molar refractivity (Wildman–Crippen MR) is 72.0 cm³/mol. The lowest BCUT2D eigenvalue weighted by Crippen LogP contribution is -2.53. The highest BCUT2D eigenvalue weighted by Crippen LogP contribution is 2.43. The molecule has 1 amide bonds. The molecule has 108 valence electrons. The molecule has 3 rings (SSSR count). The summed E-state index contributed by atoms with van der Waals surface area (Å²) in [7, 11) is -3.29. The van der Waals surface area contributed by atoms with Crippen LogP contribution in [0.15, 0.2) is 0 Å². The molecular formula is C13H22N2O3S. The predicted octanol–water partition coefficient (Wildman–Crippen LogP) is 0.858. The first-order valence-corrected chi connectivity index (χ1v) is 9.10. The molecule has 1 aliphatic heterocycles. The van der Waals surface area contributed by atoms with Gasteiger partial charge >= 0.3 is 0 Å². The van der Waals surface area contributed by atoms with Crippen molar-refractivity contribution in [3.8, 4) is 0 Å². The van der Waals surface area contributed by atoms with Crippen molar-refractivity contribution in [2.24, 2.45) is 5.92 Å². The van der Waals surface area contributed by atoms with Crippen molar-refractivity contribution in [3.05, 3.63) is 0 Å². The Morgan fingerprint density at radius 1 is 1.16 bits per heavy atom. The van der Waals surface area contributed by atoms with E-state index in [4.69, 9.17) is 0 Å². The Morgan fingerprint density at radius 2 is 1.84 bits per heavy atom. The smallest absolute Gasteiger partial charge is 0.238 e. The van der Waals surface area contributed by atoms with Crippen molar-refractivity contribution in [2.45, 2.75) is 63.1 Å². The number of rotatable bonds is 3. The Morgan fingerprint density at radius 3 is 2.47 bits per heavy atom. The minimum atomic E-state index is -3.29. The minimum Gasteiger partial charge on any atom is -0.352 e. The summed E-state index contributed by atoms with van der Waals surface area (Å²) >= 11 is 0. The average molecular weight is 286 g/mol. The molecular weight excluding hydrogens is 264 g/mol. The van der Waals surface area contributed by atoms with Gasteiger partial charge in [-0.05, 0) is 38.0 Å². The normalized spacial score (nSPS) is 35.9. The molecule has 6 heteroatoms. The van der Waals surface area contributed by atoms with Crippen LogP contribution in [0.2, 0.25) is 0 Å². The zero-order valence-electron chi connectivity index (χ0n) is 11.3. The molecule has 3 fully saturated rings. The highest BCUT2D eigenvalue weighted by Gasteiger charge is 2.53. The van der Waals surface area contributed by atoms with Crippen LogP contribution in [-0.4, -0.2) is 43.0 Å². The minimum absolute atomic E-state index is 0.0549. The molecule has 1 saturated heterocycles. The van der Waals surface area contributed by atoms with E-state index in [9.17, 15) is 13.2 Å². The van der Waals surface area contributed by atoms with E-state index in [2.05, 4.69) is 5.32 Å². The van der Waals surface area contributed by atoms with Crippen molar-refractivity contribution in [2.75, 3.05) is 6.26 Å². The van der Waals surface area contributed by atoms with Crippen LogP contribution < -0.4 is 5.32 Å². The summed E-state index contributed by atoms with van der Waals surface area (Å²) in [5.41, 5.74) is 0. The summed E-state index contributed by atoms with van der Waals surface area (Å²) in [5.74, 6) is 0.158. The molecule has 1 N–H and O–H groups in total. The Kier molecular flexibility index (Phi) is 3.33. The molecule has 0 aromatic heterocycles. The SMILES string of the molecule is CS(=O)(=O)N1C2CCC(C2)C1C(=O)NC1CCCC1. The van der Waals surface area contributed by atoms with Crippen molar-refractivity contribution >= 4 is 15.9 Å². The Balaban J connectivity index is 1.76. The molecule has 3 atom stereocenters. The Hall–Kier alpha value is -0.620. The van der Waals surface area contributed by atoms with Gasteiger partial charge in [0, 0.05) is 12.1 Å². The van der Waals surface area contributed by atoms with Crippen LogP contribution in [0.4, 0.5) is 0 Å². The van der Waals surface area contributed by atoms with Crippen LogP contribution in [0.3, 0.4) is 0 Å². The molecule has 2 bridgehead atoms. The van der Waals surface area contributed by atoms with E-state index in [1.54, 1.807) is 0 Å².